The van der Waals surface area contributed by atoms with Gasteiger partial charge in [0.2, 0.25) is 0 Å². The van der Waals surface area contributed by atoms with E-state index in [4.69, 9.17) is 5.73 Å². The maximum Gasteiger partial charge on any atom is 0.123 e. The number of imidazole rings is 1. The van der Waals surface area contributed by atoms with Crippen LogP contribution in [0.4, 0.5) is 4.39 Å². The molecule has 3 nitrogen and oxygen atoms in total. The number of aromatic nitrogens is 2. The summed E-state index contributed by atoms with van der Waals surface area (Å²) in [4.78, 5) is 4.07. The molecule has 0 fully saturated rings. The van der Waals surface area contributed by atoms with E-state index >= 15 is 0 Å². The van der Waals surface area contributed by atoms with Gasteiger partial charge < -0.3 is 10.3 Å². The number of aryl methyl sites for hydroxylation is 1. The van der Waals surface area contributed by atoms with Crippen molar-refractivity contribution < 1.29 is 4.39 Å². The number of halogens is 1. The third-order valence-electron chi connectivity index (χ3n) is 2.55. The second kappa shape index (κ2) is 4.06. The normalized spacial score (nSPS) is 12.8. The average molecular weight is 219 g/mol. The van der Waals surface area contributed by atoms with Gasteiger partial charge >= 0.3 is 0 Å². The van der Waals surface area contributed by atoms with E-state index in [1.807, 2.05) is 18.4 Å². The summed E-state index contributed by atoms with van der Waals surface area (Å²) in [6.07, 6.45) is 3.42. The lowest BCUT2D eigenvalue weighted by Gasteiger charge is -2.13. The number of hydrogen-bond acceptors (Lipinski definition) is 2. The van der Waals surface area contributed by atoms with Crippen molar-refractivity contribution in [3.05, 3.63) is 47.8 Å². The van der Waals surface area contributed by atoms with Crippen LogP contribution in [0.1, 0.15) is 24.2 Å². The van der Waals surface area contributed by atoms with Crippen LogP contribution in [0.25, 0.3) is 5.69 Å². The van der Waals surface area contributed by atoms with Crippen LogP contribution in [0.2, 0.25) is 0 Å². The first-order valence-corrected chi connectivity index (χ1v) is 5.14. The highest BCUT2D eigenvalue weighted by molar-refractivity contribution is 5.42. The van der Waals surface area contributed by atoms with Gasteiger partial charge in [-0.3, -0.25) is 0 Å². The highest BCUT2D eigenvalue weighted by atomic mass is 19.1. The molecular weight excluding hydrogens is 205 g/mol. The minimum absolute atomic E-state index is 0.105. The van der Waals surface area contributed by atoms with Gasteiger partial charge in [-0.2, -0.15) is 0 Å². The van der Waals surface area contributed by atoms with Crippen LogP contribution in [-0.2, 0) is 0 Å². The highest BCUT2D eigenvalue weighted by Gasteiger charge is 2.10. The van der Waals surface area contributed by atoms with Crippen molar-refractivity contribution in [1.82, 2.24) is 9.55 Å². The molecule has 0 spiro atoms. The SMILES string of the molecule is Cc1cc(F)ccc1-n1cncc1[C@H](C)N. The van der Waals surface area contributed by atoms with Gasteiger partial charge in [-0.05, 0) is 37.6 Å². The van der Waals surface area contributed by atoms with E-state index in [2.05, 4.69) is 4.98 Å². The molecule has 2 rings (SSSR count). The Morgan fingerprint density at radius 2 is 2.19 bits per heavy atom. The molecule has 2 aromatic rings. The van der Waals surface area contributed by atoms with E-state index in [0.717, 1.165) is 16.9 Å². The Hall–Kier alpha value is -1.68. The lowest BCUT2D eigenvalue weighted by atomic mass is 10.1. The lowest BCUT2D eigenvalue weighted by Crippen LogP contribution is -2.11. The largest absolute Gasteiger partial charge is 0.323 e. The average Bonchev–Trinajstić information content (AvgIpc) is 2.66. The zero-order chi connectivity index (χ0) is 11.7. The van der Waals surface area contributed by atoms with Gasteiger partial charge in [-0.15, -0.1) is 0 Å². The third kappa shape index (κ3) is 1.84. The fourth-order valence-electron chi connectivity index (χ4n) is 1.73. The van der Waals surface area contributed by atoms with Crippen LogP contribution in [0, 0.1) is 12.7 Å². The van der Waals surface area contributed by atoms with E-state index in [9.17, 15) is 4.39 Å². The van der Waals surface area contributed by atoms with Crippen molar-refractivity contribution in [3.8, 4) is 5.69 Å². The Morgan fingerprint density at radius 3 is 2.81 bits per heavy atom. The predicted molar refractivity (Wildman–Crippen MR) is 60.9 cm³/mol. The summed E-state index contributed by atoms with van der Waals surface area (Å²) in [6.45, 7) is 3.76. The minimum atomic E-state index is -0.233. The quantitative estimate of drug-likeness (QED) is 0.842. The molecule has 2 N–H and O–H groups in total. The Kier molecular flexibility index (Phi) is 2.75. The molecule has 0 unspecified atom stereocenters. The van der Waals surface area contributed by atoms with Gasteiger partial charge in [0.1, 0.15) is 5.82 Å². The van der Waals surface area contributed by atoms with Gasteiger partial charge in [0, 0.05) is 11.7 Å². The van der Waals surface area contributed by atoms with Crippen LogP contribution in [-0.4, -0.2) is 9.55 Å². The molecule has 0 amide bonds. The second-order valence-electron chi connectivity index (χ2n) is 3.91. The van der Waals surface area contributed by atoms with Crippen LogP contribution < -0.4 is 5.73 Å². The van der Waals surface area contributed by atoms with E-state index in [1.54, 1.807) is 18.6 Å². The molecule has 0 aliphatic rings. The number of rotatable bonds is 2. The molecule has 4 heteroatoms. The van der Waals surface area contributed by atoms with Crippen LogP contribution in [0.3, 0.4) is 0 Å². The smallest absolute Gasteiger partial charge is 0.123 e. The van der Waals surface area contributed by atoms with Gasteiger partial charge in [-0.1, -0.05) is 0 Å². The van der Waals surface area contributed by atoms with Gasteiger partial charge in [0.15, 0.2) is 0 Å². The maximum atomic E-state index is 13.0. The fourth-order valence-corrected chi connectivity index (χ4v) is 1.73. The molecule has 0 bridgehead atoms. The molecule has 1 aromatic heterocycles. The number of nitrogens with zero attached hydrogens (tertiary/aromatic N) is 2. The van der Waals surface area contributed by atoms with Crippen molar-refractivity contribution in [2.45, 2.75) is 19.9 Å². The van der Waals surface area contributed by atoms with Crippen LogP contribution in [0.5, 0.6) is 0 Å². The number of hydrogen-bond donors (Lipinski definition) is 1. The Morgan fingerprint density at radius 1 is 1.44 bits per heavy atom. The summed E-state index contributed by atoms with van der Waals surface area (Å²) in [6, 6.07) is 4.57. The van der Waals surface area contributed by atoms with Gasteiger partial charge in [0.05, 0.1) is 18.2 Å². The predicted octanol–water partition coefficient (Wildman–Crippen LogP) is 2.34. The second-order valence-corrected chi connectivity index (χ2v) is 3.91. The molecule has 16 heavy (non-hydrogen) atoms. The molecule has 1 atom stereocenters. The number of nitrogens with two attached hydrogens (primary N) is 1. The van der Waals surface area contributed by atoms with Crippen molar-refractivity contribution in [2.24, 2.45) is 5.73 Å². The van der Waals surface area contributed by atoms with E-state index in [-0.39, 0.29) is 11.9 Å². The van der Waals surface area contributed by atoms with Crippen molar-refractivity contribution in [1.29, 1.82) is 0 Å². The van der Waals surface area contributed by atoms with E-state index in [1.165, 1.54) is 12.1 Å². The molecule has 0 aliphatic heterocycles. The van der Waals surface area contributed by atoms with E-state index < -0.39 is 0 Å². The number of benzene rings is 1. The molecule has 1 heterocycles. The lowest BCUT2D eigenvalue weighted by molar-refractivity contribution is 0.625. The van der Waals surface area contributed by atoms with Gasteiger partial charge in [0.25, 0.3) is 0 Å². The highest BCUT2D eigenvalue weighted by Crippen LogP contribution is 2.19. The first kappa shape index (κ1) is 10.8. The summed E-state index contributed by atoms with van der Waals surface area (Å²) in [5.41, 5.74) is 8.52. The van der Waals surface area contributed by atoms with Crippen molar-refractivity contribution in [3.63, 3.8) is 0 Å². The Bertz CT molecular complexity index is 503. The molecule has 0 aliphatic carbocycles. The zero-order valence-corrected chi connectivity index (χ0v) is 9.31. The molecule has 0 saturated carbocycles. The monoisotopic (exact) mass is 219 g/mol. The standard InChI is InChI=1S/C12H14FN3/c1-8-5-10(13)3-4-11(8)16-7-15-6-12(16)9(2)14/h3-7,9H,14H2,1-2H3/t9-/m0/s1. The van der Waals surface area contributed by atoms with Crippen molar-refractivity contribution in [2.75, 3.05) is 0 Å². The van der Waals surface area contributed by atoms with Crippen LogP contribution >= 0.6 is 0 Å². The summed E-state index contributed by atoms with van der Waals surface area (Å²) < 4.78 is 14.9. The summed E-state index contributed by atoms with van der Waals surface area (Å²) in [7, 11) is 0. The van der Waals surface area contributed by atoms with Crippen LogP contribution in [0.15, 0.2) is 30.7 Å². The molecule has 84 valence electrons. The molecule has 1 aromatic carbocycles. The molecule has 0 radical (unpaired) electrons. The fraction of sp³-hybridized carbons (Fsp3) is 0.250. The molecule has 0 saturated heterocycles. The summed E-state index contributed by atoms with van der Waals surface area (Å²) in [5.74, 6) is -0.233. The summed E-state index contributed by atoms with van der Waals surface area (Å²) >= 11 is 0. The Labute approximate surface area is 93.7 Å². The zero-order valence-electron chi connectivity index (χ0n) is 9.31. The summed E-state index contributed by atoms with van der Waals surface area (Å²) in [5, 5.41) is 0. The Balaban J connectivity index is 2.54. The maximum absolute atomic E-state index is 13.0. The van der Waals surface area contributed by atoms with Crippen molar-refractivity contribution >= 4 is 0 Å². The first-order chi connectivity index (χ1) is 7.59. The minimum Gasteiger partial charge on any atom is -0.323 e. The van der Waals surface area contributed by atoms with E-state index in [0.29, 0.717) is 0 Å². The first-order valence-electron chi connectivity index (χ1n) is 5.14. The third-order valence-corrected chi connectivity index (χ3v) is 2.55. The molecular formula is C12H14FN3. The topological polar surface area (TPSA) is 43.8 Å². The van der Waals surface area contributed by atoms with Gasteiger partial charge in [-0.25, -0.2) is 9.37 Å².